The molecule has 0 aliphatic carbocycles. The highest BCUT2D eigenvalue weighted by atomic mass is 32.2. The van der Waals surface area contributed by atoms with Gasteiger partial charge in [0.2, 0.25) is 10.0 Å². The molecule has 0 spiro atoms. The lowest BCUT2D eigenvalue weighted by atomic mass is 10.2. The zero-order valence-electron chi connectivity index (χ0n) is 11.1. The molecular weight excluding hydrogens is 264 g/mol. The third-order valence-corrected chi connectivity index (χ3v) is 4.97. The van der Waals surface area contributed by atoms with Gasteiger partial charge in [0.05, 0.1) is 11.8 Å². The van der Waals surface area contributed by atoms with E-state index in [0.29, 0.717) is 18.5 Å². The number of hydrogen-bond donors (Lipinski definition) is 2. The molecule has 1 saturated heterocycles. The maximum absolute atomic E-state index is 12.2. The second kappa shape index (κ2) is 5.90. The fourth-order valence-corrected chi connectivity index (χ4v) is 3.74. The van der Waals surface area contributed by atoms with E-state index in [-0.39, 0.29) is 16.7 Å². The lowest BCUT2D eigenvalue weighted by Gasteiger charge is -2.13. The van der Waals surface area contributed by atoms with Crippen LogP contribution in [-0.4, -0.2) is 27.7 Å². The smallest absolute Gasteiger partial charge is 0.242 e. The fraction of sp³-hybridized carbons (Fsp3) is 0.538. The minimum atomic E-state index is -3.54. The van der Waals surface area contributed by atoms with Crippen LogP contribution in [0.1, 0.15) is 24.8 Å². The quantitative estimate of drug-likeness (QED) is 0.801. The van der Waals surface area contributed by atoms with Crippen molar-refractivity contribution in [3.63, 3.8) is 0 Å². The van der Waals surface area contributed by atoms with E-state index in [1.54, 1.807) is 25.1 Å². The van der Waals surface area contributed by atoms with Crippen LogP contribution in [-0.2, 0) is 14.8 Å². The number of hydrogen-bond acceptors (Lipinski definition) is 4. The van der Waals surface area contributed by atoms with Crippen LogP contribution in [0.15, 0.2) is 23.1 Å². The Bertz CT molecular complexity index is 517. The van der Waals surface area contributed by atoms with Crippen molar-refractivity contribution in [2.75, 3.05) is 18.9 Å². The largest absolute Gasteiger partial charge is 0.398 e. The average Bonchev–Trinajstić information content (AvgIpc) is 2.81. The summed E-state index contributed by atoms with van der Waals surface area (Å²) in [6.45, 7) is 2.90. The van der Waals surface area contributed by atoms with E-state index < -0.39 is 10.0 Å². The van der Waals surface area contributed by atoms with Crippen LogP contribution in [0, 0.1) is 6.92 Å². The Hall–Kier alpha value is -1.11. The van der Waals surface area contributed by atoms with Gasteiger partial charge in [-0.3, -0.25) is 0 Å². The van der Waals surface area contributed by atoms with Crippen LogP contribution >= 0.6 is 0 Å². The van der Waals surface area contributed by atoms with Crippen LogP contribution in [0.2, 0.25) is 0 Å². The lowest BCUT2D eigenvalue weighted by molar-refractivity contribution is 0.105. The van der Waals surface area contributed by atoms with Crippen molar-refractivity contribution in [1.29, 1.82) is 0 Å². The summed E-state index contributed by atoms with van der Waals surface area (Å²) in [5, 5.41) is 0. The molecule has 1 atom stereocenters. The predicted molar refractivity (Wildman–Crippen MR) is 74.4 cm³/mol. The monoisotopic (exact) mass is 284 g/mol. The van der Waals surface area contributed by atoms with Crippen LogP contribution in [0.4, 0.5) is 5.69 Å². The number of aryl methyl sites for hydroxylation is 1. The molecule has 106 valence electrons. The zero-order chi connectivity index (χ0) is 13.9. The molecule has 0 radical (unpaired) electrons. The Labute approximate surface area is 114 Å². The Morgan fingerprint density at radius 3 is 2.89 bits per heavy atom. The minimum Gasteiger partial charge on any atom is -0.398 e. The first-order valence-corrected chi connectivity index (χ1v) is 7.95. The number of sulfonamides is 1. The highest BCUT2D eigenvalue weighted by Crippen LogP contribution is 2.22. The summed E-state index contributed by atoms with van der Waals surface area (Å²) in [5.74, 6) is 0. The molecule has 0 bridgehead atoms. The van der Waals surface area contributed by atoms with Gasteiger partial charge >= 0.3 is 0 Å². The maximum atomic E-state index is 12.2. The Balaban J connectivity index is 2.01. The normalized spacial score (nSPS) is 19.7. The van der Waals surface area contributed by atoms with Crippen molar-refractivity contribution in [3.05, 3.63) is 23.8 Å². The number of nitrogen functional groups attached to an aromatic ring is 1. The van der Waals surface area contributed by atoms with Gasteiger partial charge in [-0.1, -0.05) is 12.1 Å². The molecule has 0 amide bonds. The molecule has 0 aromatic heterocycles. The summed E-state index contributed by atoms with van der Waals surface area (Å²) < 4.78 is 32.5. The number of rotatable bonds is 5. The highest BCUT2D eigenvalue weighted by Gasteiger charge is 2.21. The van der Waals surface area contributed by atoms with Crippen LogP contribution in [0.5, 0.6) is 0 Å². The van der Waals surface area contributed by atoms with Gasteiger partial charge in [0.1, 0.15) is 4.90 Å². The van der Waals surface area contributed by atoms with Gasteiger partial charge in [-0.2, -0.15) is 0 Å². The fourth-order valence-electron chi connectivity index (χ4n) is 2.34. The van der Waals surface area contributed by atoms with Gasteiger partial charge in [0.15, 0.2) is 0 Å². The topological polar surface area (TPSA) is 81.4 Å². The van der Waals surface area contributed by atoms with Gasteiger partial charge in [-0.25, -0.2) is 13.1 Å². The Morgan fingerprint density at radius 1 is 1.47 bits per heavy atom. The molecule has 1 aliphatic rings. The van der Waals surface area contributed by atoms with Gasteiger partial charge in [-0.05, 0) is 37.8 Å². The number of nitrogens with two attached hydrogens (primary N) is 1. The molecule has 1 aromatic carbocycles. The predicted octanol–water partition coefficient (Wildman–Crippen LogP) is 1.42. The van der Waals surface area contributed by atoms with Crippen molar-refractivity contribution in [3.8, 4) is 0 Å². The number of nitrogens with one attached hydrogen (secondary N) is 1. The van der Waals surface area contributed by atoms with E-state index in [9.17, 15) is 8.42 Å². The van der Waals surface area contributed by atoms with Crippen molar-refractivity contribution in [2.45, 2.75) is 37.2 Å². The Kier molecular flexibility index (Phi) is 4.44. The van der Waals surface area contributed by atoms with Crippen molar-refractivity contribution >= 4 is 15.7 Å². The average molecular weight is 284 g/mol. The minimum absolute atomic E-state index is 0.178. The molecule has 1 aliphatic heterocycles. The summed E-state index contributed by atoms with van der Waals surface area (Å²) in [7, 11) is -3.54. The van der Waals surface area contributed by atoms with Crippen LogP contribution in [0.3, 0.4) is 0 Å². The Morgan fingerprint density at radius 2 is 2.26 bits per heavy atom. The van der Waals surface area contributed by atoms with Crippen molar-refractivity contribution in [1.82, 2.24) is 4.72 Å². The van der Waals surface area contributed by atoms with Crippen LogP contribution < -0.4 is 10.5 Å². The van der Waals surface area contributed by atoms with Gasteiger partial charge in [-0.15, -0.1) is 0 Å². The summed E-state index contributed by atoms with van der Waals surface area (Å²) in [6, 6.07) is 5.09. The molecule has 6 heteroatoms. The van der Waals surface area contributed by atoms with Gasteiger partial charge < -0.3 is 10.5 Å². The van der Waals surface area contributed by atoms with Crippen LogP contribution in [0.25, 0.3) is 0 Å². The SMILES string of the molecule is Cc1cccc(N)c1S(=O)(=O)NCCC1CCCO1. The van der Waals surface area contributed by atoms with Crippen molar-refractivity contribution < 1.29 is 13.2 Å². The van der Waals surface area contributed by atoms with E-state index in [1.165, 1.54) is 0 Å². The zero-order valence-corrected chi connectivity index (χ0v) is 11.9. The molecular formula is C13H20N2O3S. The maximum Gasteiger partial charge on any atom is 0.242 e. The lowest BCUT2D eigenvalue weighted by Crippen LogP contribution is -2.28. The first-order valence-electron chi connectivity index (χ1n) is 6.47. The summed E-state index contributed by atoms with van der Waals surface area (Å²) >= 11 is 0. The molecule has 3 N–H and O–H groups in total. The summed E-state index contributed by atoms with van der Waals surface area (Å²) in [5.41, 5.74) is 6.70. The first-order chi connectivity index (χ1) is 9.00. The standard InChI is InChI=1S/C13H20N2O3S/c1-10-4-2-6-12(14)13(10)19(16,17)15-8-7-11-5-3-9-18-11/h2,4,6,11,15H,3,5,7-9,14H2,1H3. The van der Waals surface area contributed by atoms with Crippen molar-refractivity contribution in [2.24, 2.45) is 0 Å². The van der Waals surface area contributed by atoms with E-state index in [0.717, 1.165) is 19.4 Å². The molecule has 1 heterocycles. The summed E-state index contributed by atoms with van der Waals surface area (Å²) in [6.07, 6.45) is 2.94. The van der Waals surface area contributed by atoms with Gasteiger partial charge in [0, 0.05) is 13.2 Å². The van der Waals surface area contributed by atoms with Gasteiger partial charge in [0.25, 0.3) is 0 Å². The first kappa shape index (κ1) is 14.3. The molecule has 1 aromatic rings. The van der Waals surface area contributed by atoms with E-state index in [1.807, 2.05) is 0 Å². The summed E-state index contributed by atoms with van der Waals surface area (Å²) in [4.78, 5) is 0.183. The molecule has 1 unspecified atom stereocenters. The molecule has 1 fully saturated rings. The number of anilines is 1. The second-order valence-electron chi connectivity index (χ2n) is 4.81. The third-order valence-electron chi connectivity index (χ3n) is 3.29. The molecule has 0 saturated carbocycles. The van der Waals surface area contributed by atoms with E-state index >= 15 is 0 Å². The third kappa shape index (κ3) is 3.46. The van der Waals surface area contributed by atoms with E-state index in [4.69, 9.17) is 10.5 Å². The number of ether oxygens (including phenoxy) is 1. The molecule has 19 heavy (non-hydrogen) atoms. The van der Waals surface area contributed by atoms with E-state index in [2.05, 4.69) is 4.72 Å². The highest BCUT2D eigenvalue weighted by molar-refractivity contribution is 7.89. The molecule has 2 rings (SSSR count). The second-order valence-corrected chi connectivity index (χ2v) is 6.52. The number of benzene rings is 1. The molecule has 5 nitrogen and oxygen atoms in total.